The maximum absolute atomic E-state index is 11.6. The molecular weight excluding hydrogens is 290 g/mol. The summed E-state index contributed by atoms with van der Waals surface area (Å²) in [5, 5.41) is 5.54. The summed E-state index contributed by atoms with van der Waals surface area (Å²) < 4.78 is 0. The molecule has 0 atom stereocenters. The second-order valence-corrected chi connectivity index (χ2v) is 4.61. The van der Waals surface area contributed by atoms with E-state index in [1.807, 2.05) is 30.3 Å². The van der Waals surface area contributed by atoms with E-state index in [1.54, 1.807) is 0 Å². The fraction of sp³-hybridized carbons (Fsp3) is 0.467. The highest BCUT2D eigenvalue weighted by molar-refractivity contribution is 5.85. The summed E-state index contributed by atoms with van der Waals surface area (Å²) in [6.45, 7) is 1.66. The minimum Gasteiger partial charge on any atom is -0.356 e. The van der Waals surface area contributed by atoms with Gasteiger partial charge < -0.3 is 16.4 Å². The van der Waals surface area contributed by atoms with Crippen LogP contribution in [0.4, 0.5) is 0 Å². The molecular formula is C15H24ClN3O2. The van der Waals surface area contributed by atoms with Crippen LogP contribution in [0.3, 0.4) is 0 Å². The van der Waals surface area contributed by atoms with E-state index >= 15 is 0 Å². The Morgan fingerprint density at radius 2 is 1.62 bits per heavy atom. The number of hydrogen-bond acceptors (Lipinski definition) is 3. The predicted octanol–water partition coefficient (Wildman–Crippen LogP) is 1.01. The van der Waals surface area contributed by atoms with Gasteiger partial charge in [0, 0.05) is 19.5 Å². The van der Waals surface area contributed by atoms with Crippen molar-refractivity contribution in [1.82, 2.24) is 10.6 Å². The number of hydrogen-bond donors (Lipinski definition) is 3. The number of unbranched alkanes of at least 4 members (excludes halogenated alkanes) is 1. The number of rotatable bonds is 9. The SMILES string of the molecule is Cl.NCCCCNC(=O)CCNC(=O)Cc1ccccc1. The van der Waals surface area contributed by atoms with Crippen LogP contribution in [-0.2, 0) is 16.0 Å². The molecule has 0 aromatic heterocycles. The van der Waals surface area contributed by atoms with Gasteiger partial charge in [0.15, 0.2) is 0 Å². The van der Waals surface area contributed by atoms with Crippen LogP contribution in [0.15, 0.2) is 30.3 Å². The lowest BCUT2D eigenvalue weighted by Crippen LogP contribution is -2.32. The molecule has 0 bridgehead atoms. The predicted molar refractivity (Wildman–Crippen MR) is 86.3 cm³/mol. The van der Waals surface area contributed by atoms with Gasteiger partial charge in [-0.1, -0.05) is 30.3 Å². The van der Waals surface area contributed by atoms with Crippen molar-refractivity contribution in [2.75, 3.05) is 19.6 Å². The minimum absolute atomic E-state index is 0. The molecule has 0 aliphatic rings. The third-order valence-electron chi connectivity index (χ3n) is 2.83. The van der Waals surface area contributed by atoms with Gasteiger partial charge in [-0.05, 0) is 24.9 Å². The first-order valence-corrected chi connectivity index (χ1v) is 6.99. The quantitative estimate of drug-likeness (QED) is 0.595. The third kappa shape index (κ3) is 9.87. The topological polar surface area (TPSA) is 84.2 Å². The molecule has 0 saturated heterocycles. The van der Waals surface area contributed by atoms with Crippen molar-refractivity contribution in [3.05, 3.63) is 35.9 Å². The Bertz CT molecular complexity index is 413. The van der Waals surface area contributed by atoms with E-state index in [9.17, 15) is 9.59 Å². The van der Waals surface area contributed by atoms with Crippen LogP contribution in [-0.4, -0.2) is 31.4 Å². The van der Waals surface area contributed by atoms with Crippen LogP contribution < -0.4 is 16.4 Å². The van der Waals surface area contributed by atoms with Gasteiger partial charge in [0.05, 0.1) is 6.42 Å². The third-order valence-corrected chi connectivity index (χ3v) is 2.83. The molecule has 21 heavy (non-hydrogen) atoms. The Labute approximate surface area is 132 Å². The molecule has 1 aromatic carbocycles. The average molecular weight is 314 g/mol. The minimum atomic E-state index is -0.0628. The lowest BCUT2D eigenvalue weighted by Gasteiger charge is -2.06. The number of amides is 2. The van der Waals surface area contributed by atoms with Gasteiger partial charge in [-0.2, -0.15) is 0 Å². The summed E-state index contributed by atoms with van der Waals surface area (Å²) in [5.41, 5.74) is 6.33. The number of carbonyl (C=O) groups excluding carboxylic acids is 2. The number of nitrogens with one attached hydrogen (secondary N) is 2. The van der Waals surface area contributed by atoms with Crippen LogP contribution in [0, 0.1) is 0 Å². The number of halogens is 1. The first kappa shape index (κ1) is 19.4. The molecule has 2 amide bonds. The standard InChI is InChI=1S/C15H23N3O2.ClH/c16-9-4-5-10-17-14(19)8-11-18-15(20)12-13-6-2-1-3-7-13;/h1-3,6-7H,4-5,8-12,16H2,(H,17,19)(H,18,20);1H. The van der Waals surface area contributed by atoms with E-state index < -0.39 is 0 Å². The molecule has 1 aromatic rings. The van der Waals surface area contributed by atoms with Gasteiger partial charge in [-0.15, -0.1) is 12.4 Å². The maximum atomic E-state index is 11.6. The second-order valence-electron chi connectivity index (χ2n) is 4.61. The first-order chi connectivity index (χ1) is 9.72. The van der Waals surface area contributed by atoms with Crippen molar-refractivity contribution in [2.24, 2.45) is 5.73 Å². The van der Waals surface area contributed by atoms with Crippen molar-refractivity contribution in [3.8, 4) is 0 Å². The molecule has 6 heteroatoms. The van der Waals surface area contributed by atoms with Gasteiger partial charge in [0.1, 0.15) is 0 Å². The summed E-state index contributed by atoms with van der Waals surface area (Å²) >= 11 is 0. The van der Waals surface area contributed by atoms with Gasteiger partial charge in [0.25, 0.3) is 0 Å². The van der Waals surface area contributed by atoms with E-state index in [4.69, 9.17) is 5.73 Å². The van der Waals surface area contributed by atoms with Gasteiger partial charge in [0.2, 0.25) is 11.8 Å². The van der Waals surface area contributed by atoms with Gasteiger partial charge in [-0.3, -0.25) is 9.59 Å². The molecule has 4 N–H and O–H groups in total. The van der Waals surface area contributed by atoms with Crippen LogP contribution >= 0.6 is 12.4 Å². The van der Waals surface area contributed by atoms with Crippen molar-refractivity contribution in [2.45, 2.75) is 25.7 Å². The van der Waals surface area contributed by atoms with Crippen LogP contribution in [0.5, 0.6) is 0 Å². The second kappa shape index (κ2) is 12.2. The highest BCUT2D eigenvalue weighted by Crippen LogP contribution is 1.98. The highest BCUT2D eigenvalue weighted by atomic mass is 35.5. The Hall–Kier alpha value is -1.59. The number of nitrogens with two attached hydrogens (primary N) is 1. The fourth-order valence-electron chi connectivity index (χ4n) is 1.74. The van der Waals surface area contributed by atoms with E-state index in [2.05, 4.69) is 10.6 Å². The molecule has 1 rings (SSSR count). The van der Waals surface area contributed by atoms with Gasteiger partial charge >= 0.3 is 0 Å². The van der Waals surface area contributed by atoms with E-state index in [0.29, 0.717) is 32.5 Å². The molecule has 0 saturated carbocycles. The van der Waals surface area contributed by atoms with E-state index in [1.165, 1.54) is 0 Å². The summed E-state index contributed by atoms with van der Waals surface area (Å²) in [7, 11) is 0. The molecule has 0 aliphatic heterocycles. The molecule has 0 aliphatic carbocycles. The number of benzene rings is 1. The molecule has 0 spiro atoms. The van der Waals surface area contributed by atoms with Crippen LogP contribution in [0.25, 0.3) is 0 Å². The Kier molecular flexibility index (Phi) is 11.3. The Morgan fingerprint density at radius 3 is 2.29 bits per heavy atom. The van der Waals surface area contributed by atoms with Crippen molar-refractivity contribution in [3.63, 3.8) is 0 Å². The first-order valence-electron chi connectivity index (χ1n) is 6.99. The largest absolute Gasteiger partial charge is 0.356 e. The average Bonchev–Trinajstić information content (AvgIpc) is 2.45. The van der Waals surface area contributed by atoms with E-state index in [-0.39, 0.29) is 24.2 Å². The Balaban J connectivity index is 0.00000400. The molecule has 5 nitrogen and oxygen atoms in total. The van der Waals surface area contributed by atoms with Crippen LogP contribution in [0.1, 0.15) is 24.8 Å². The maximum Gasteiger partial charge on any atom is 0.224 e. The van der Waals surface area contributed by atoms with E-state index in [0.717, 1.165) is 18.4 Å². The molecule has 0 unspecified atom stereocenters. The molecule has 0 heterocycles. The normalized spacial score (nSPS) is 9.57. The summed E-state index contributed by atoms with van der Waals surface area (Å²) in [6, 6.07) is 9.53. The molecule has 0 fully saturated rings. The fourth-order valence-corrected chi connectivity index (χ4v) is 1.74. The van der Waals surface area contributed by atoms with Gasteiger partial charge in [-0.25, -0.2) is 0 Å². The zero-order valence-corrected chi connectivity index (χ0v) is 13.0. The highest BCUT2D eigenvalue weighted by Gasteiger charge is 2.04. The van der Waals surface area contributed by atoms with Crippen LogP contribution in [0.2, 0.25) is 0 Å². The zero-order chi connectivity index (χ0) is 14.6. The lowest BCUT2D eigenvalue weighted by molar-refractivity contribution is -0.122. The molecule has 0 radical (unpaired) electrons. The molecule has 118 valence electrons. The number of carbonyl (C=O) groups is 2. The van der Waals surface area contributed by atoms with Crippen molar-refractivity contribution < 1.29 is 9.59 Å². The summed E-state index contributed by atoms with van der Waals surface area (Å²) in [4.78, 5) is 23.1. The Morgan fingerprint density at radius 1 is 0.952 bits per heavy atom. The zero-order valence-electron chi connectivity index (χ0n) is 12.1. The van der Waals surface area contributed by atoms with Crippen molar-refractivity contribution >= 4 is 24.2 Å². The summed E-state index contributed by atoms with van der Waals surface area (Å²) in [6.07, 6.45) is 2.46. The van der Waals surface area contributed by atoms with Crippen molar-refractivity contribution in [1.29, 1.82) is 0 Å². The lowest BCUT2D eigenvalue weighted by atomic mass is 10.1. The smallest absolute Gasteiger partial charge is 0.224 e. The summed E-state index contributed by atoms with van der Waals surface area (Å²) in [5.74, 6) is -0.103. The monoisotopic (exact) mass is 313 g/mol.